The standard InChI is InChI=1S/C15H19N5/c1-2-7-17-14(5-1)11-20-15-18-9-13(10-19-15)12-4-3-6-16-8-12/h3-4,6,8-10,14,17H,1-2,5,7,11H2,(H,18,19,20). The first-order valence-corrected chi connectivity index (χ1v) is 7.11. The highest BCUT2D eigenvalue weighted by atomic mass is 15.1. The van der Waals surface area contributed by atoms with Crippen molar-refractivity contribution in [2.24, 2.45) is 0 Å². The molecule has 2 aromatic heterocycles. The summed E-state index contributed by atoms with van der Waals surface area (Å²) in [6, 6.07) is 4.45. The fourth-order valence-electron chi connectivity index (χ4n) is 2.41. The summed E-state index contributed by atoms with van der Waals surface area (Å²) in [4.78, 5) is 12.8. The molecule has 0 spiro atoms. The van der Waals surface area contributed by atoms with Crippen molar-refractivity contribution in [3.8, 4) is 11.1 Å². The second kappa shape index (κ2) is 6.43. The summed E-state index contributed by atoms with van der Waals surface area (Å²) in [5, 5.41) is 6.79. The van der Waals surface area contributed by atoms with Crippen LogP contribution < -0.4 is 10.6 Å². The van der Waals surface area contributed by atoms with Gasteiger partial charge in [-0.15, -0.1) is 0 Å². The molecule has 5 heteroatoms. The first-order valence-electron chi connectivity index (χ1n) is 7.11. The summed E-state index contributed by atoms with van der Waals surface area (Å²) < 4.78 is 0. The summed E-state index contributed by atoms with van der Waals surface area (Å²) in [6.45, 7) is 2.00. The van der Waals surface area contributed by atoms with E-state index in [-0.39, 0.29) is 0 Å². The number of hydrogen-bond acceptors (Lipinski definition) is 5. The van der Waals surface area contributed by atoms with E-state index in [0.717, 1.165) is 24.2 Å². The Balaban J connectivity index is 1.58. The van der Waals surface area contributed by atoms with Crippen molar-refractivity contribution in [1.82, 2.24) is 20.3 Å². The molecule has 1 aliphatic rings. The molecule has 0 amide bonds. The minimum Gasteiger partial charge on any atom is -0.353 e. The normalized spacial score (nSPS) is 18.7. The molecule has 2 N–H and O–H groups in total. The van der Waals surface area contributed by atoms with Gasteiger partial charge in [0.25, 0.3) is 0 Å². The fourth-order valence-corrected chi connectivity index (χ4v) is 2.41. The Labute approximate surface area is 118 Å². The summed E-state index contributed by atoms with van der Waals surface area (Å²) >= 11 is 0. The number of aromatic nitrogens is 3. The third-order valence-electron chi connectivity index (χ3n) is 3.57. The number of pyridine rings is 1. The maximum atomic E-state index is 4.36. The second-order valence-electron chi connectivity index (χ2n) is 5.06. The lowest BCUT2D eigenvalue weighted by Crippen LogP contribution is -2.39. The van der Waals surface area contributed by atoms with Crippen LogP contribution in [0.25, 0.3) is 11.1 Å². The quantitative estimate of drug-likeness (QED) is 0.890. The minimum absolute atomic E-state index is 0.533. The topological polar surface area (TPSA) is 62.7 Å². The Morgan fingerprint density at radius 2 is 2.05 bits per heavy atom. The van der Waals surface area contributed by atoms with E-state index in [2.05, 4.69) is 25.6 Å². The molecule has 0 bridgehead atoms. The van der Waals surface area contributed by atoms with E-state index in [4.69, 9.17) is 0 Å². The van der Waals surface area contributed by atoms with Gasteiger partial charge >= 0.3 is 0 Å². The van der Waals surface area contributed by atoms with Gasteiger partial charge in [-0.3, -0.25) is 4.98 Å². The number of nitrogens with one attached hydrogen (secondary N) is 2. The highest BCUT2D eigenvalue weighted by molar-refractivity contribution is 5.60. The first-order chi connectivity index (χ1) is 9.92. The molecule has 0 aliphatic carbocycles. The third-order valence-corrected chi connectivity index (χ3v) is 3.57. The molecule has 1 saturated heterocycles. The predicted octanol–water partition coefficient (Wildman–Crippen LogP) is 2.09. The molecule has 1 atom stereocenters. The van der Waals surface area contributed by atoms with E-state index in [1.807, 2.05) is 30.7 Å². The van der Waals surface area contributed by atoms with E-state index in [0.29, 0.717) is 12.0 Å². The van der Waals surface area contributed by atoms with Crippen LogP contribution in [0.15, 0.2) is 36.9 Å². The summed E-state index contributed by atoms with van der Waals surface area (Å²) in [7, 11) is 0. The van der Waals surface area contributed by atoms with Gasteiger partial charge in [0.2, 0.25) is 5.95 Å². The van der Waals surface area contributed by atoms with E-state index in [9.17, 15) is 0 Å². The monoisotopic (exact) mass is 269 g/mol. The Bertz CT molecular complexity index is 520. The molecule has 3 heterocycles. The van der Waals surface area contributed by atoms with Crippen molar-refractivity contribution in [1.29, 1.82) is 0 Å². The van der Waals surface area contributed by atoms with Gasteiger partial charge in [-0.05, 0) is 25.5 Å². The van der Waals surface area contributed by atoms with Gasteiger partial charge in [0.1, 0.15) is 0 Å². The van der Waals surface area contributed by atoms with E-state index < -0.39 is 0 Å². The third kappa shape index (κ3) is 3.30. The van der Waals surface area contributed by atoms with Crippen molar-refractivity contribution < 1.29 is 0 Å². The number of hydrogen-bond donors (Lipinski definition) is 2. The average Bonchev–Trinajstić information content (AvgIpc) is 2.55. The lowest BCUT2D eigenvalue weighted by Gasteiger charge is -2.23. The fraction of sp³-hybridized carbons (Fsp3) is 0.400. The minimum atomic E-state index is 0.533. The molecular formula is C15H19N5. The van der Waals surface area contributed by atoms with Crippen LogP contribution in [0.3, 0.4) is 0 Å². The zero-order valence-corrected chi connectivity index (χ0v) is 11.4. The van der Waals surface area contributed by atoms with Crippen molar-refractivity contribution >= 4 is 5.95 Å². The smallest absolute Gasteiger partial charge is 0.222 e. The molecule has 1 unspecified atom stereocenters. The van der Waals surface area contributed by atoms with Crippen molar-refractivity contribution in [2.75, 3.05) is 18.4 Å². The summed E-state index contributed by atoms with van der Waals surface area (Å²) in [5.74, 6) is 0.685. The van der Waals surface area contributed by atoms with E-state index in [1.54, 1.807) is 6.20 Å². The van der Waals surface area contributed by atoms with Crippen LogP contribution in [0.1, 0.15) is 19.3 Å². The molecular weight excluding hydrogens is 250 g/mol. The van der Waals surface area contributed by atoms with Gasteiger partial charge in [0.05, 0.1) is 0 Å². The van der Waals surface area contributed by atoms with Crippen LogP contribution in [0.4, 0.5) is 5.95 Å². The predicted molar refractivity (Wildman–Crippen MR) is 79.4 cm³/mol. The zero-order chi connectivity index (χ0) is 13.6. The second-order valence-corrected chi connectivity index (χ2v) is 5.06. The van der Waals surface area contributed by atoms with Gasteiger partial charge in [0.15, 0.2) is 0 Å². The zero-order valence-electron chi connectivity index (χ0n) is 11.4. The summed E-state index contributed by atoms with van der Waals surface area (Å²) in [5.41, 5.74) is 2.02. The molecule has 0 radical (unpaired) electrons. The van der Waals surface area contributed by atoms with Crippen LogP contribution >= 0.6 is 0 Å². The number of rotatable bonds is 4. The van der Waals surface area contributed by atoms with Crippen LogP contribution in [-0.4, -0.2) is 34.1 Å². The molecule has 1 aliphatic heterocycles. The lowest BCUT2D eigenvalue weighted by molar-refractivity contribution is 0.413. The van der Waals surface area contributed by atoms with Gasteiger partial charge in [-0.2, -0.15) is 0 Å². The molecule has 2 aromatic rings. The SMILES string of the molecule is c1cncc(-c2cnc(NCC3CCCCN3)nc2)c1. The molecule has 0 saturated carbocycles. The highest BCUT2D eigenvalue weighted by Crippen LogP contribution is 2.16. The van der Waals surface area contributed by atoms with Gasteiger partial charge < -0.3 is 10.6 Å². The van der Waals surface area contributed by atoms with Crippen LogP contribution in [0.2, 0.25) is 0 Å². The van der Waals surface area contributed by atoms with Crippen molar-refractivity contribution in [2.45, 2.75) is 25.3 Å². The number of piperidine rings is 1. The van der Waals surface area contributed by atoms with Crippen molar-refractivity contribution in [3.05, 3.63) is 36.9 Å². The Morgan fingerprint density at radius 3 is 2.75 bits per heavy atom. The summed E-state index contributed by atoms with van der Waals surface area (Å²) in [6.07, 6.45) is 11.1. The Hall–Kier alpha value is -2.01. The largest absolute Gasteiger partial charge is 0.353 e. The molecule has 0 aromatic carbocycles. The van der Waals surface area contributed by atoms with Crippen LogP contribution in [0, 0.1) is 0 Å². The van der Waals surface area contributed by atoms with Crippen LogP contribution in [-0.2, 0) is 0 Å². The Kier molecular flexibility index (Phi) is 4.18. The molecule has 20 heavy (non-hydrogen) atoms. The maximum absolute atomic E-state index is 4.36. The first kappa shape index (κ1) is 13.0. The Morgan fingerprint density at radius 1 is 1.15 bits per heavy atom. The number of nitrogens with zero attached hydrogens (tertiary/aromatic N) is 3. The molecule has 104 valence electrons. The maximum Gasteiger partial charge on any atom is 0.222 e. The van der Waals surface area contributed by atoms with Gasteiger partial charge in [0, 0.05) is 48.5 Å². The van der Waals surface area contributed by atoms with E-state index in [1.165, 1.54) is 19.3 Å². The average molecular weight is 269 g/mol. The molecule has 5 nitrogen and oxygen atoms in total. The highest BCUT2D eigenvalue weighted by Gasteiger charge is 2.12. The van der Waals surface area contributed by atoms with Crippen molar-refractivity contribution in [3.63, 3.8) is 0 Å². The van der Waals surface area contributed by atoms with E-state index >= 15 is 0 Å². The van der Waals surface area contributed by atoms with Gasteiger partial charge in [-0.1, -0.05) is 12.5 Å². The lowest BCUT2D eigenvalue weighted by atomic mass is 10.1. The molecule has 3 rings (SSSR count). The van der Waals surface area contributed by atoms with Gasteiger partial charge in [-0.25, -0.2) is 9.97 Å². The molecule has 1 fully saturated rings. The number of anilines is 1. The van der Waals surface area contributed by atoms with Crippen LogP contribution in [0.5, 0.6) is 0 Å².